The minimum Gasteiger partial charge on any atom is -0.493 e. The normalized spacial score (nSPS) is 11.9. The summed E-state index contributed by atoms with van der Waals surface area (Å²) in [6.07, 6.45) is 0. The zero-order valence-electron chi connectivity index (χ0n) is 18.2. The number of likely N-dealkylation sites (N-methyl/N-ethyl adjacent to an activating group) is 1. The van der Waals surface area contributed by atoms with Gasteiger partial charge in [-0.25, -0.2) is 4.79 Å². The van der Waals surface area contributed by atoms with Gasteiger partial charge in [0.25, 0.3) is 0 Å². The Labute approximate surface area is 180 Å². The molecule has 0 aliphatic heterocycles. The first-order valence-electron chi connectivity index (χ1n) is 9.61. The Morgan fingerprint density at radius 2 is 1.81 bits per heavy atom. The molecular formula is C22H27F2N3O4. The molecule has 0 heterocycles. The lowest BCUT2D eigenvalue weighted by molar-refractivity contribution is -0.124. The monoisotopic (exact) mass is 435 g/mol. The first-order chi connectivity index (χ1) is 14.6. The Hall–Kier alpha value is -3.20. The second-order valence-corrected chi connectivity index (χ2v) is 7.22. The van der Waals surface area contributed by atoms with Gasteiger partial charge < -0.3 is 14.8 Å². The highest BCUT2D eigenvalue weighted by Crippen LogP contribution is 2.30. The summed E-state index contributed by atoms with van der Waals surface area (Å²) in [5.74, 6) is -0.386. The van der Waals surface area contributed by atoms with Gasteiger partial charge in [-0.05, 0) is 57.1 Å². The van der Waals surface area contributed by atoms with Gasteiger partial charge in [-0.3, -0.25) is 15.0 Å². The van der Waals surface area contributed by atoms with Crippen molar-refractivity contribution < 1.29 is 27.8 Å². The Morgan fingerprint density at radius 3 is 2.42 bits per heavy atom. The molecule has 0 aromatic heterocycles. The number of ether oxygens (including phenoxy) is 2. The molecule has 168 valence electrons. The number of methoxy groups -OCH3 is 1. The van der Waals surface area contributed by atoms with Gasteiger partial charge >= 0.3 is 12.6 Å². The number of aryl methyl sites for hydroxylation is 2. The van der Waals surface area contributed by atoms with E-state index in [1.165, 1.54) is 13.2 Å². The van der Waals surface area contributed by atoms with E-state index in [1.54, 1.807) is 37.1 Å². The summed E-state index contributed by atoms with van der Waals surface area (Å²) in [7, 11) is 3.06. The molecule has 2 aromatic carbocycles. The molecular weight excluding hydrogens is 408 g/mol. The van der Waals surface area contributed by atoms with E-state index in [-0.39, 0.29) is 11.5 Å². The van der Waals surface area contributed by atoms with Gasteiger partial charge in [0, 0.05) is 12.2 Å². The predicted octanol–water partition coefficient (Wildman–Crippen LogP) is 4.08. The maximum atomic E-state index is 12.5. The molecule has 2 rings (SSSR count). The fourth-order valence-electron chi connectivity index (χ4n) is 2.95. The molecule has 0 unspecified atom stereocenters. The number of urea groups is 1. The van der Waals surface area contributed by atoms with Gasteiger partial charge in [-0.2, -0.15) is 8.78 Å². The lowest BCUT2D eigenvalue weighted by atomic mass is 10.1. The van der Waals surface area contributed by atoms with Crippen LogP contribution in [0, 0.1) is 13.8 Å². The van der Waals surface area contributed by atoms with E-state index >= 15 is 0 Å². The SMILES string of the molecule is COc1cc(CN(C)[C@@H](C)C(=O)NC(=O)Nc2ccc(C)cc2C)ccc1OC(F)F. The number of alkyl halides is 2. The molecule has 0 aliphatic rings. The molecule has 2 aromatic rings. The van der Waals surface area contributed by atoms with Crippen molar-refractivity contribution >= 4 is 17.6 Å². The lowest BCUT2D eigenvalue weighted by Crippen LogP contribution is -2.46. The third kappa shape index (κ3) is 6.92. The van der Waals surface area contributed by atoms with Crippen LogP contribution in [-0.2, 0) is 11.3 Å². The number of nitrogens with zero attached hydrogens (tertiary/aromatic N) is 1. The molecule has 2 N–H and O–H groups in total. The fraction of sp³-hybridized carbons (Fsp3) is 0.364. The second kappa shape index (κ2) is 10.7. The maximum absolute atomic E-state index is 12.5. The van der Waals surface area contributed by atoms with Gasteiger partial charge in [0.15, 0.2) is 11.5 Å². The summed E-state index contributed by atoms with van der Waals surface area (Å²) < 4.78 is 34.4. The average Bonchev–Trinajstić information content (AvgIpc) is 2.70. The lowest BCUT2D eigenvalue weighted by Gasteiger charge is -2.24. The molecule has 9 heteroatoms. The third-order valence-corrected chi connectivity index (χ3v) is 4.78. The number of nitrogens with one attached hydrogen (secondary N) is 2. The number of carbonyl (C=O) groups is 2. The molecule has 0 saturated heterocycles. The number of rotatable bonds is 8. The summed E-state index contributed by atoms with van der Waals surface area (Å²) in [6.45, 7) is 2.84. The van der Waals surface area contributed by atoms with Crippen LogP contribution in [0.2, 0.25) is 0 Å². The third-order valence-electron chi connectivity index (χ3n) is 4.78. The van der Waals surface area contributed by atoms with Crippen LogP contribution < -0.4 is 20.1 Å². The molecule has 0 bridgehead atoms. The second-order valence-electron chi connectivity index (χ2n) is 7.22. The fourth-order valence-corrected chi connectivity index (χ4v) is 2.95. The van der Waals surface area contributed by atoms with E-state index in [0.717, 1.165) is 16.7 Å². The highest BCUT2D eigenvalue weighted by atomic mass is 19.3. The number of benzene rings is 2. The summed E-state index contributed by atoms with van der Waals surface area (Å²) in [5, 5.41) is 5.00. The number of hydrogen-bond acceptors (Lipinski definition) is 5. The minimum atomic E-state index is -2.96. The van der Waals surface area contributed by atoms with Crippen LogP contribution in [-0.4, -0.2) is 43.6 Å². The van der Waals surface area contributed by atoms with Gasteiger partial charge in [0.2, 0.25) is 5.91 Å². The van der Waals surface area contributed by atoms with Crippen molar-refractivity contribution in [2.45, 2.75) is 40.0 Å². The molecule has 0 spiro atoms. The highest BCUT2D eigenvalue weighted by molar-refractivity contribution is 6.03. The Bertz CT molecular complexity index is 937. The maximum Gasteiger partial charge on any atom is 0.387 e. The van der Waals surface area contributed by atoms with Gasteiger partial charge in [-0.15, -0.1) is 0 Å². The highest BCUT2D eigenvalue weighted by Gasteiger charge is 2.21. The molecule has 0 aliphatic carbocycles. The van der Waals surface area contributed by atoms with Gasteiger partial charge in [0.05, 0.1) is 13.2 Å². The number of halogens is 2. The molecule has 0 fully saturated rings. The van der Waals surface area contributed by atoms with Crippen LogP contribution in [0.15, 0.2) is 36.4 Å². The minimum absolute atomic E-state index is 0.0715. The van der Waals surface area contributed by atoms with Crippen molar-refractivity contribution in [2.24, 2.45) is 0 Å². The van der Waals surface area contributed by atoms with Crippen molar-refractivity contribution in [1.82, 2.24) is 10.2 Å². The summed E-state index contributed by atoms with van der Waals surface area (Å²) in [5.41, 5.74) is 3.30. The van der Waals surface area contributed by atoms with Crippen LogP contribution in [0.5, 0.6) is 11.5 Å². The van der Waals surface area contributed by atoms with Crippen molar-refractivity contribution in [2.75, 3.05) is 19.5 Å². The zero-order valence-corrected chi connectivity index (χ0v) is 18.2. The molecule has 7 nitrogen and oxygen atoms in total. The first kappa shape index (κ1) is 24.1. The Balaban J connectivity index is 1.96. The molecule has 1 atom stereocenters. The van der Waals surface area contributed by atoms with Gasteiger partial charge in [0.1, 0.15) is 0 Å². The van der Waals surface area contributed by atoms with E-state index in [0.29, 0.717) is 12.2 Å². The largest absolute Gasteiger partial charge is 0.493 e. The molecule has 31 heavy (non-hydrogen) atoms. The Kier molecular flexibility index (Phi) is 8.32. The summed E-state index contributed by atoms with van der Waals surface area (Å²) >= 11 is 0. The smallest absolute Gasteiger partial charge is 0.387 e. The van der Waals surface area contributed by atoms with Crippen LogP contribution in [0.1, 0.15) is 23.6 Å². The zero-order chi connectivity index (χ0) is 23.1. The topological polar surface area (TPSA) is 79.9 Å². The molecule has 0 radical (unpaired) electrons. The Morgan fingerprint density at radius 1 is 1.10 bits per heavy atom. The number of carbonyl (C=O) groups excluding carboxylic acids is 2. The standard InChI is InChI=1S/C22H27F2N3O4/c1-13-6-8-17(14(2)10-13)25-22(29)26-20(28)15(3)27(4)12-16-7-9-18(31-21(23)24)19(11-16)30-5/h6-11,15,21H,12H2,1-5H3,(H2,25,26,28,29)/t15-/m0/s1. The summed E-state index contributed by atoms with van der Waals surface area (Å²) in [4.78, 5) is 26.4. The predicted molar refractivity (Wildman–Crippen MR) is 114 cm³/mol. The van der Waals surface area contributed by atoms with Crippen LogP contribution in [0.4, 0.5) is 19.3 Å². The summed E-state index contributed by atoms with van der Waals surface area (Å²) in [6, 6.07) is 8.88. The quantitative estimate of drug-likeness (QED) is 0.653. The molecule has 0 saturated carbocycles. The van der Waals surface area contributed by atoms with Crippen molar-refractivity contribution in [3.63, 3.8) is 0 Å². The first-order valence-corrected chi connectivity index (χ1v) is 9.61. The average molecular weight is 435 g/mol. The van der Waals surface area contributed by atoms with Crippen LogP contribution >= 0.6 is 0 Å². The number of hydrogen-bond donors (Lipinski definition) is 2. The van der Waals surface area contributed by atoms with Crippen molar-refractivity contribution in [1.29, 1.82) is 0 Å². The van der Waals surface area contributed by atoms with E-state index in [1.807, 2.05) is 26.0 Å². The number of anilines is 1. The van der Waals surface area contributed by atoms with Crippen LogP contribution in [0.25, 0.3) is 0 Å². The van der Waals surface area contributed by atoms with Crippen molar-refractivity contribution in [3.8, 4) is 11.5 Å². The number of imide groups is 1. The van der Waals surface area contributed by atoms with E-state index in [2.05, 4.69) is 15.4 Å². The van der Waals surface area contributed by atoms with Crippen molar-refractivity contribution in [3.05, 3.63) is 53.1 Å². The van der Waals surface area contributed by atoms with Crippen LogP contribution in [0.3, 0.4) is 0 Å². The number of amides is 3. The van der Waals surface area contributed by atoms with Gasteiger partial charge in [-0.1, -0.05) is 23.8 Å². The van der Waals surface area contributed by atoms with E-state index in [4.69, 9.17) is 4.74 Å². The van der Waals surface area contributed by atoms with E-state index < -0.39 is 24.6 Å². The van der Waals surface area contributed by atoms with E-state index in [9.17, 15) is 18.4 Å². The molecule has 3 amide bonds.